The third kappa shape index (κ3) is 3.28. The van der Waals surface area contributed by atoms with Crippen LogP contribution < -0.4 is 5.32 Å². The standard InChI is InChI=1S/C15H16N2O4/c1-2-3-8-17-14(20)12(13(19)16-15(17)21)9-10-4-6-11(18)7-5-10/h4-7,9,18H,2-3,8H2,1H3,(H,16,19,21). The smallest absolute Gasteiger partial charge is 0.331 e. The van der Waals surface area contributed by atoms with Crippen LogP contribution in [0.2, 0.25) is 0 Å². The van der Waals surface area contributed by atoms with Gasteiger partial charge in [-0.25, -0.2) is 4.79 Å². The molecule has 1 heterocycles. The molecule has 21 heavy (non-hydrogen) atoms. The average Bonchev–Trinajstić information content (AvgIpc) is 2.45. The SMILES string of the molecule is CCCCN1C(=O)NC(=O)C(=Cc2ccc(O)cc2)C1=O. The van der Waals surface area contributed by atoms with E-state index in [4.69, 9.17) is 0 Å². The van der Waals surface area contributed by atoms with E-state index in [1.54, 1.807) is 12.1 Å². The van der Waals surface area contributed by atoms with E-state index in [-0.39, 0.29) is 17.9 Å². The maximum atomic E-state index is 12.3. The lowest BCUT2D eigenvalue weighted by Gasteiger charge is -2.26. The number of barbiturate groups is 1. The van der Waals surface area contributed by atoms with E-state index in [1.807, 2.05) is 6.92 Å². The number of rotatable bonds is 4. The Morgan fingerprint density at radius 2 is 1.86 bits per heavy atom. The molecular formula is C15H16N2O4. The highest BCUT2D eigenvalue weighted by molar-refractivity contribution is 6.30. The van der Waals surface area contributed by atoms with Crippen LogP contribution in [0.4, 0.5) is 4.79 Å². The molecule has 0 bridgehead atoms. The summed E-state index contributed by atoms with van der Waals surface area (Å²) >= 11 is 0. The summed E-state index contributed by atoms with van der Waals surface area (Å²) in [5.41, 5.74) is 0.507. The van der Waals surface area contributed by atoms with Gasteiger partial charge < -0.3 is 5.11 Å². The lowest BCUT2D eigenvalue weighted by atomic mass is 10.1. The van der Waals surface area contributed by atoms with Gasteiger partial charge in [0, 0.05) is 6.54 Å². The largest absolute Gasteiger partial charge is 0.508 e. The molecule has 4 amide bonds. The Labute approximate surface area is 122 Å². The van der Waals surface area contributed by atoms with Gasteiger partial charge in [-0.3, -0.25) is 19.8 Å². The van der Waals surface area contributed by atoms with E-state index < -0.39 is 17.8 Å². The van der Waals surface area contributed by atoms with Gasteiger partial charge in [0.1, 0.15) is 11.3 Å². The highest BCUT2D eigenvalue weighted by atomic mass is 16.3. The molecule has 110 valence electrons. The monoisotopic (exact) mass is 288 g/mol. The first-order chi connectivity index (χ1) is 10.0. The van der Waals surface area contributed by atoms with E-state index in [2.05, 4.69) is 5.32 Å². The van der Waals surface area contributed by atoms with Gasteiger partial charge in [-0.15, -0.1) is 0 Å². The topological polar surface area (TPSA) is 86.7 Å². The number of phenolic OH excluding ortho intramolecular Hbond substituents is 1. The number of carbonyl (C=O) groups excluding carboxylic acids is 3. The van der Waals surface area contributed by atoms with Crippen LogP contribution in [0.15, 0.2) is 29.8 Å². The van der Waals surface area contributed by atoms with Crippen molar-refractivity contribution in [3.63, 3.8) is 0 Å². The van der Waals surface area contributed by atoms with Crippen LogP contribution in [0.5, 0.6) is 5.75 Å². The van der Waals surface area contributed by atoms with Crippen molar-refractivity contribution >= 4 is 23.9 Å². The Morgan fingerprint density at radius 3 is 2.48 bits per heavy atom. The molecular weight excluding hydrogens is 272 g/mol. The Morgan fingerprint density at radius 1 is 1.19 bits per heavy atom. The summed E-state index contributed by atoms with van der Waals surface area (Å²) in [6.07, 6.45) is 2.92. The molecule has 0 spiro atoms. The zero-order valence-corrected chi connectivity index (χ0v) is 11.6. The predicted octanol–water partition coefficient (Wildman–Crippen LogP) is 1.65. The summed E-state index contributed by atoms with van der Waals surface area (Å²) in [5, 5.41) is 11.4. The molecule has 6 heteroatoms. The minimum atomic E-state index is -0.703. The summed E-state index contributed by atoms with van der Waals surface area (Å²) in [6, 6.07) is 5.39. The predicted molar refractivity (Wildman–Crippen MR) is 76.2 cm³/mol. The second-order valence-corrected chi connectivity index (χ2v) is 4.72. The van der Waals surface area contributed by atoms with Crippen LogP contribution in [0.3, 0.4) is 0 Å². The molecule has 1 saturated heterocycles. The molecule has 0 atom stereocenters. The maximum absolute atomic E-state index is 12.3. The van der Waals surface area contributed by atoms with Crippen molar-refractivity contribution in [1.82, 2.24) is 10.2 Å². The Kier molecular flexibility index (Phi) is 4.37. The molecule has 1 aromatic carbocycles. The Bertz CT molecular complexity index is 605. The third-order valence-corrected chi connectivity index (χ3v) is 3.13. The van der Waals surface area contributed by atoms with Crippen molar-refractivity contribution in [1.29, 1.82) is 0 Å². The van der Waals surface area contributed by atoms with Gasteiger partial charge >= 0.3 is 6.03 Å². The quantitative estimate of drug-likeness (QED) is 0.651. The fraction of sp³-hybridized carbons (Fsp3) is 0.267. The molecule has 0 radical (unpaired) electrons. The van der Waals surface area contributed by atoms with Gasteiger partial charge in [-0.1, -0.05) is 25.5 Å². The highest BCUT2D eigenvalue weighted by Crippen LogP contribution is 2.17. The number of aromatic hydroxyl groups is 1. The summed E-state index contributed by atoms with van der Waals surface area (Å²) in [6.45, 7) is 2.23. The number of phenols is 1. The number of benzene rings is 1. The number of urea groups is 1. The van der Waals surface area contributed by atoms with Crippen LogP contribution in [0.1, 0.15) is 25.3 Å². The first kappa shape index (κ1) is 14.8. The van der Waals surface area contributed by atoms with Gasteiger partial charge in [0.25, 0.3) is 11.8 Å². The normalized spacial score (nSPS) is 17.3. The number of hydrogen-bond acceptors (Lipinski definition) is 4. The molecule has 2 rings (SSSR count). The van der Waals surface area contributed by atoms with Gasteiger partial charge in [0.2, 0.25) is 0 Å². The van der Waals surface area contributed by atoms with Crippen LogP contribution in [-0.4, -0.2) is 34.4 Å². The summed E-state index contributed by atoms with van der Waals surface area (Å²) in [4.78, 5) is 36.8. The molecule has 0 unspecified atom stereocenters. The van der Waals surface area contributed by atoms with Gasteiger partial charge in [0.15, 0.2) is 0 Å². The van der Waals surface area contributed by atoms with Crippen molar-refractivity contribution in [2.75, 3.05) is 6.54 Å². The fourth-order valence-electron chi connectivity index (χ4n) is 1.95. The minimum Gasteiger partial charge on any atom is -0.508 e. The van der Waals surface area contributed by atoms with Crippen molar-refractivity contribution in [3.05, 3.63) is 35.4 Å². The molecule has 2 N–H and O–H groups in total. The average molecular weight is 288 g/mol. The van der Waals surface area contributed by atoms with E-state index in [9.17, 15) is 19.5 Å². The van der Waals surface area contributed by atoms with E-state index in [0.29, 0.717) is 12.0 Å². The highest BCUT2D eigenvalue weighted by Gasteiger charge is 2.35. The van der Waals surface area contributed by atoms with Gasteiger partial charge in [-0.05, 0) is 30.2 Å². The second kappa shape index (κ2) is 6.21. The summed E-state index contributed by atoms with van der Waals surface area (Å²) in [7, 11) is 0. The van der Waals surface area contributed by atoms with Crippen LogP contribution in [-0.2, 0) is 9.59 Å². The van der Waals surface area contributed by atoms with E-state index in [0.717, 1.165) is 11.3 Å². The molecule has 1 aliphatic heterocycles. The Hall–Kier alpha value is -2.63. The van der Waals surface area contributed by atoms with Crippen molar-refractivity contribution in [2.24, 2.45) is 0 Å². The van der Waals surface area contributed by atoms with Gasteiger partial charge in [0.05, 0.1) is 0 Å². The molecule has 0 aromatic heterocycles. The number of amides is 4. The molecule has 0 saturated carbocycles. The molecule has 6 nitrogen and oxygen atoms in total. The Balaban J connectivity index is 2.28. The number of hydrogen-bond donors (Lipinski definition) is 2. The van der Waals surface area contributed by atoms with Crippen LogP contribution in [0, 0.1) is 0 Å². The van der Waals surface area contributed by atoms with Crippen LogP contribution in [0.25, 0.3) is 6.08 Å². The zero-order chi connectivity index (χ0) is 15.4. The minimum absolute atomic E-state index is 0.0867. The lowest BCUT2D eigenvalue weighted by molar-refractivity contribution is -0.130. The van der Waals surface area contributed by atoms with E-state index in [1.165, 1.54) is 18.2 Å². The molecule has 1 aromatic rings. The molecule has 1 fully saturated rings. The number of imide groups is 2. The third-order valence-electron chi connectivity index (χ3n) is 3.13. The van der Waals surface area contributed by atoms with Gasteiger partial charge in [-0.2, -0.15) is 0 Å². The lowest BCUT2D eigenvalue weighted by Crippen LogP contribution is -2.54. The molecule has 1 aliphatic rings. The number of nitrogens with one attached hydrogen (secondary N) is 1. The second-order valence-electron chi connectivity index (χ2n) is 4.72. The van der Waals surface area contributed by atoms with Crippen molar-refractivity contribution in [2.45, 2.75) is 19.8 Å². The first-order valence-corrected chi connectivity index (χ1v) is 6.71. The fourth-order valence-corrected chi connectivity index (χ4v) is 1.95. The van der Waals surface area contributed by atoms with E-state index >= 15 is 0 Å². The first-order valence-electron chi connectivity index (χ1n) is 6.71. The molecule has 0 aliphatic carbocycles. The number of unbranched alkanes of at least 4 members (excludes halogenated alkanes) is 1. The maximum Gasteiger partial charge on any atom is 0.331 e. The summed E-state index contributed by atoms with van der Waals surface area (Å²) < 4.78 is 0. The number of nitrogens with zero attached hydrogens (tertiary/aromatic N) is 1. The summed E-state index contributed by atoms with van der Waals surface area (Å²) in [5.74, 6) is -1.20. The van der Waals surface area contributed by atoms with Crippen molar-refractivity contribution < 1.29 is 19.5 Å². The zero-order valence-electron chi connectivity index (χ0n) is 11.6. The van der Waals surface area contributed by atoms with Crippen LogP contribution >= 0.6 is 0 Å². The number of carbonyl (C=O) groups is 3. The van der Waals surface area contributed by atoms with Crippen molar-refractivity contribution in [3.8, 4) is 5.75 Å².